The molecule has 0 saturated carbocycles. The maximum atomic E-state index is 4.42. The van der Waals surface area contributed by atoms with E-state index in [1.54, 1.807) is 0 Å². The molecule has 19 heavy (non-hydrogen) atoms. The first-order chi connectivity index (χ1) is 9.22. The van der Waals surface area contributed by atoms with E-state index in [0.29, 0.717) is 12.0 Å². The number of para-hydroxylation sites is 2. The molecule has 0 aliphatic heterocycles. The predicted octanol–water partition coefficient (Wildman–Crippen LogP) is 3.45. The van der Waals surface area contributed by atoms with Crippen molar-refractivity contribution in [2.75, 3.05) is 6.54 Å². The van der Waals surface area contributed by atoms with Gasteiger partial charge in [0.1, 0.15) is 0 Å². The molecule has 0 fully saturated rings. The van der Waals surface area contributed by atoms with Gasteiger partial charge < -0.3 is 9.88 Å². The highest BCUT2D eigenvalue weighted by molar-refractivity contribution is 5.74. The second-order valence-electron chi connectivity index (χ2n) is 5.49. The van der Waals surface area contributed by atoms with Gasteiger partial charge in [-0.15, -0.1) is 0 Å². The Morgan fingerprint density at radius 2 is 2.05 bits per heavy atom. The molecule has 0 aliphatic carbocycles. The molecular weight excluding hydrogens is 234 g/mol. The summed E-state index contributed by atoms with van der Waals surface area (Å²) >= 11 is 0. The minimum Gasteiger partial charge on any atom is -0.331 e. The van der Waals surface area contributed by atoms with Gasteiger partial charge in [0.2, 0.25) is 0 Å². The van der Waals surface area contributed by atoms with Crippen LogP contribution in [0.3, 0.4) is 0 Å². The van der Waals surface area contributed by atoms with E-state index in [0.717, 1.165) is 25.0 Å². The summed E-state index contributed by atoms with van der Waals surface area (Å²) in [6.45, 7) is 8.92. The molecule has 3 nitrogen and oxygen atoms in total. The van der Waals surface area contributed by atoms with Crippen molar-refractivity contribution in [3.05, 3.63) is 30.6 Å². The molecule has 0 amide bonds. The first kappa shape index (κ1) is 14.1. The fraction of sp³-hybridized carbons (Fsp3) is 0.562. The number of aromatic nitrogens is 2. The van der Waals surface area contributed by atoms with Crippen LogP contribution in [0.4, 0.5) is 0 Å². The lowest BCUT2D eigenvalue weighted by molar-refractivity contribution is 0.383. The van der Waals surface area contributed by atoms with E-state index < -0.39 is 0 Å². The summed E-state index contributed by atoms with van der Waals surface area (Å²) in [4.78, 5) is 4.42. The Labute approximate surface area is 116 Å². The van der Waals surface area contributed by atoms with Gasteiger partial charge in [0.15, 0.2) is 0 Å². The molecule has 2 aromatic rings. The molecule has 1 unspecified atom stereocenters. The topological polar surface area (TPSA) is 29.9 Å². The van der Waals surface area contributed by atoms with Crippen LogP contribution in [0.25, 0.3) is 11.0 Å². The molecule has 2 rings (SSSR count). The van der Waals surface area contributed by atoms with Crippen molar-refractivity contribution in [1.29, 1.82) is 0 Å². The van der Waals surface area contributed by atoms with Gasteiger partial charge in [-0.2, -0.15) is 0 Å². The average molecular weight is 259 g/mol. The Morgan fingerprint density at radius 3 is 2.79 bits per heavy atom. The molecule has 3 heteroatoms. The third-order valence-electron chi connectivity index (χ3n) is 3.75. The van der Waals surface area contributed by atoms with Crippen molar-refractivity contribution in [3.63, 3.8) is 0 Å². The molecule has 0 aliphatic rings. The highest BCUT2D eigenvalue weighted by atomic mass is 15.0. The third kappa shape index (κ3) is 3.57. The van der Waals surface area contributed by atoms with Crippen LogP contribution < -0.4 is 5.32 Å². The van der Waals surface area contributed by atoms with E-state index >= 15 is 0 Å². The van der Waals surface area contributed by atoms with Crippen LogP contribution in [0.2, 0.25) is 0 Å². The van der Waals surface area contributed by atoms with E-state index in [1.165, 1.54) is 11.9 Å². The van der Waals surface area contributed by atoms with Gasteiger partial charge in [-0.1, -0.05) is 32.9 Å². The zero-order valence-corrected chi connectivity index (χ0v) is 12.3. The van der Waals surface area contributed by atoms with Crippen LogP contribution in [0.1, 0.15) is 33.6 Å². The van der Waals surface area contributed by atoms with Crippen molar-refractivity contribution in [2.24, 2.45) is 5.92 Å². The summed E-state index contributed by atoms with van der Waals surface area (Å²) in [7, 11) is 0. The van der Waals surface area contributed by atoms with E-state index in [-0.39, 0.29) is 0 Å². The quantitative estimate of drug-likeness (QED) is 0.772. The summed E-state index contributed by atoms with van der Waals surface area (Å²) < 4.78 is 2.24. The highest BCUT2D eigenvalue weighted by Crippen LogP contribution is 2.12. The van der Waals surface area contributed by atoms with Gasteiger partial charge in [0.05, 0.1) is 17.4 Å². The van der Waals surface area contributed by atoms with Crippen LogP contribution in [0.15, 0.2) is 30.6 Å². The molecule has 1 aromatic heterocycles. The highest BCUT2D eigenvalue weighted by Gasteiger charge is 2.09. The summed E-state index contributed by atoms with van der Waals surface area (Å²) in [6, 6.07) is 8.95. The Hall–Kier alpha value is -1.35. The van der Waals surface area contributed by atoms with Gasteiger partial charge in [-0.05, 0) is 37.4 Å². The molecule has 1 heterocycles. The number of imidazole rings is 1. The Morgan fingerprint density at radius 1 is 1.26 bits per heavy atom. The Kier molecular flexibility index (Phi) is 4.97. The smallest absolute Gasteiger partial charge is 0.0958 e. The van der Waals surface area contributed by atoms with Crippen molar-refractivity contribution >= 4 is 11.0 Å². The minimum atomic E-state index is 0.638. The normalized spacial score (nSPS) is 13.3. The molecule has 0 bridgehead atoms. The van der Waals surface area contributed by atoms with Crippen molar-refractivity contribution in [1.82, 2.24) is 14.9 Å². The van der Waals surface area contributed by atoms with Gasteiger partial charge in [0.25, 0.3) is 0 Å². The molecular formula is C16H25N3. The number of rotatable bonds is 7. The Balaban J connectivity index is 1.83. The average Bonchev–Trinajstić information content (AvgIpc) is 2.82. The lowest BCUT2D eigenvalue weighted by Crippen LogP contribution is -2.34. The lowest BCUT2D eigenvalue weighted by atomic mass is 10.0. The van der Waals surface area contributed by atoms with Crippen molar-refractivity contribution in [3.8, 4) is 0 Å². The molecule has 0 saturated heterocycles. The van der Waals surface area contributed by atoms with Crippen LogP contribution in [0, 0.1) is 5.92 Å². The zero-order chi connectivity index (χ0) is 13.7. The standard InChI is InChI=1S/C16H25N3/c1-4-14(13(2)3)17-10-7-11-19-12-18-15-8-5-6-9-16(15)19/h5-6,8-9,12-14,17H,4,7,10-11H2,1-3H3. The van der Waals surface area contributed by atoms with Crippen LogP contribution in [-0.4, -0.2) is 22.1 Å². The van der Waals surface area contributed by atoms with Gasteiger partial charge in [0, 0.05) is 12.6 Å². The number of nitrogens with one attached hydrogen (secondary N) is 1. The number of hydrogen-bond acceptors (Lipinski definition) is 2. The fourth-order valence-corrected chi connectivity index (χ4v) is 2.58. The van der Waals surface area contributed by atoms with E-state index in [1.807, 2.05) is 12.4 Å². The monoisotopic (exact) mass is 259 g/mol. The summed E-state index contributed by atoms with van der Waals surface area (Å²) in [6.07, 6.45) is 4.29. The molecule has 104 valence electrons. The second kappa shape index (κ2) is 6.71. The van der Waals surface area contributed by atoms with Crippen LogP contribution in [-0.2, 0) is 6.54 Å². The van der Waals surface area contributed by atoms with Crippen LogP contribution >= 0.6 is 0 Å². The van der Waals surface area contributed by atoms with E-state index in [9.17, 15) is 0 Å². The van der Waals surface area contributed by atoms with E-state index in [2.05, 4.69) is 53.8 Å². The maximum absolute atomic E-state index is 4.42. The number of fused-ring (bicyclic) bond motifs is 1. The minimum absolute atomic E-state index is 0.638. The molecule has 1 aromatic carbocycles. The largest absolute Gasteiger partial charge is 0.331 e. The molecule has 0 radical (unpaired) electrons. The Bertz CT molecular complexity index is 501. The number of aryl methyl sites for hydroxylation is 1. The lowest BCUT2D eigenvalue weighted by Gasteiger charge is -2.20. The van der Waals surface area contributed by atoms with E-state index in [4.69, 9.17) is 0 Å². The third-order valence-corrected chi connectivity index (χ3v) is 3.75. The first-order valence-corrected chi connectivity index (χ1v) is 7.35. The zero-order valence-electron chi connectivity index (χ0n) is 12.3. The summed E-state index contributed by atoms with van der Waals surface area (Å²) in [5.74, 6) is 0.707. The van der Waals surface area contributed by atoms with Crippen molar-refractivity contribution < 1.29 is 0 Å². The fourth-order valence-electron chi connectivity index (χ4n) is 2.58. The summed E-state index contributed by atoms with van der Waals surface area (Å²) in [5.41, 5.74) is 2.32. The molecule has 1 atom stereocenters. The SMILES string of the molecule is CCC(NCCCn1cnc2ccccc21)C(C)C. The number of hydrogen-bond donors (Lipinski definition) is 1. The van der Waals surface area contributed by atoms with Gasteiger partial charge in [-0.25, -0.2) is 4.98 Å². The predicted molar refractivity (Wildman–Crippen MR) is 81.3 cm³/mol. The molecule has 1 N–H and O–H groups in total. The van der Waals surface area contributed by atoms with Crippen molar-refractivity contribution in [2.45, 2.75) is 46.2 Å². The second-order valence-corrected chi connectivity index (χ2v) is 5.49. The number of nitrogens with zero attached hydrogens (tertiary/aromatic N) is 2. The van der Waals surface area contributed by atoms with Gasteiger partial charge in [-0.3, -0.25) is 0 Å². The summed E-state index contributed by atoms with van der Waals surface area (Å²) in [5, 5.41) is 3.65. The maximum Gasteiger partial charge on any atom is 0.0958 e. The van der Waals surface area contributed by atoms with Crippen LogP contribution in [0.5, 0.6) is 0 Å². The molecule has 0 spiro atoms. The number of benzene rings is 1. The van der Waals surface area contributed by atoms with Gasteiger partial charge >= 0.3 is 0 Å². The first-order valence-electron chi connectivity index (χ1n) is 7.35.